The molecule has 1 saturated heterocycles. The third-order valence-corrected chi connectivity index (χ3v) is 3.95. The Morgan fingerprint density at radius 3 is 2.50 bits per heavy atom. The van der Waals surface area contributed by atoms with Crippen molar-refractivity contribution < 1.29 is 9.59 Å². The largest absolute Gasteiger partial charge is 0.330 e. The molecule has 0 atom stereocenters. The van der Waals surface area contributed by atoms with Gasteiger partial charge in [-0.1, -0.05) is 12.2 Å². The van der Waals surface area contributed by atoms with Gasteiger partial charge in [0.1, 0.15) is 22.9 Å². The Bertz CT molecular complexity index is 716. The van der Waals surface area contributed by atoms with Crippen LogP contribution in [0.4, 0.5) is 5.82 Å². The van der Waals surface area contributed by atoms with Gasteiger partial charge >= 0.3 is 0 Å². The molecule has 3 rings (SSSR count). The van der Waals surface area contributed by atoms with Crippen LogP contribution in [0.2, 0.25) is 0 Å². The molecule has 1 aliphatic carbocycles. The summed E-state index contributed by atoms with van der Waals surface area (Å²) in [5.74, 6) is -0.124. The SMILES string of the molecule is N#Cc1c2c(c(N3NC(=O)CC3=O)[nH]c1=S)CCCC2. The molecule has 20 heavy (non-hydrogen) atoms. The third-order valence-electron chi connectivity index (χ3n) is 3.65. The number of pyridine rings is 1. The number of amides is 2. The first kappa shape index (κ1) is 12.8. The van der Waals surface area contributed by atoms with Crippen LogP contribution < -0.4 is 10.4 Å². The van der Waals surface area contributed by atoms with Gasteiger partial charge in [0.25, 0.3) is 5.91 Å². The number of H-pyrrole nitrogens is 1. The highest BCUT2D eigenvalue weighted by Crippen LogP contribution is 2.32. The molecule has 0 radical (unpaired) electrons. The fourth-order valence-corrected chi connectivity index (χ4v) is 3.02. The average Bonchev–Trinajstić information content (AvgIpc) is 2.77. The number of hydrogen-bond donors (Lipinski definition) is 2. The van der Waals surface area contributed by atoms with E-state index in [1.807, 2.05) is 0 Å². The quantitative estimate of drug-likeness (QED) is 0.601. The van der Waals surface area contributed by atoms with E-state index < -0.39 is 0 Å². The topological polar surface area (TPSA) is 89.0 Å². The summed E-state index contributed by atoms with van der Waals surface area (Å²) in [7, 11) is 0. The molecule has 0 aromatic carbocycles. The highest BCUT2D eigenvalue weighted by atomic mass is 32.1. The number of rotatable bonds is 1. The maximum Gasteiger partial charge on any atom is 0.256 e. The van der Waals surface area contributed by atoms with E-state index in [0.29, 0.717) is 16.0 Å². The highest BCUT2D eigenvalue weighted by Gasteiger charge is 2.32. The van der Waals surface area contributed by atoms with Crippen molar-refractivity contribution in [3.05, 3.63) is 21.3 Å². The number of anilines is 1. The van der Waals surface area contributed by atoms with Gasteiger partial charge < -0.3 is 4.98 Å². The van der Waals surface area contributed by atoms with E-state index >= 15 is 0 Å². The molecule has 2 heterocycles. The van der Waals surface area contributed by atoms with Crippen molar-refractivity contribution in [1.29, 1.82) is 5.26 Å². The van der Waals surface area contributed by atoms with E-state index in [-0.39, 0.29) is 18.2 Å². The lowest BCUT2D eigenvalue weighted by molar-refractivity contribution is -0.122. The van der Waals surface area contributed by atoms with Gasteiger partial charge in [0.2, 0.25) is 5.91 Å². The molecule has 0 saturated carbocycles. The zero-order valence-corrected chi connectivity index (χ0v) is 11.5. The molecule has 1 aromatic heterocycles. The maximum absolute atomic E-state index is 11.9. The summed E-state index contributed by atoms with van der Waals surface area (Å²) in [4.78, 5) is 26.1. The molecule has 0 unspecified atom stereocenters. The number of nitrogens with zero attached hydrogens (tertiary/aromatic N) is 2. The zero-order chi connectivity index (χ0) is 14.3. The minimum atomic E-state index is -0.330. The van der Waals surface area contributed by atoms with Gasteiger partial charge in [0, 0.05) is 0 Å². The van der Waals surface area contributed by atoms with Crippen LogP contribution in [0, 0.1) is 16.0 Å². The second kappa shape index (κ2) is 4.72. The number of hydrazine groups is 1. The predicted molar refractivity (Wildman–Crippen MR) is 73.2 cm³/mol. The van der Waals surface area contributed by atoms with Crippen LogP contribution in [-0.2, 0) is 22.4 Å². The van der Waals surface area contributed by atoms with Crippen LogP contribution in [0.3, 0.4) is 0 Å². The van der Waals surface area contributed by atoms with E-state index in [2.05, 4.69) is 16.5 Å². The molecule has 1 aliphatic heterocycles. The number of nitrogens with one attached hydrogen (secondary N) is 2. The van der Waals surface area contributed by atoms with Crippen molar-refractivity contribution in [3.8, 4) is 6.07 Å². The molecular formula is C13H12N4O2S. The van der Waals surface area contributed by atoms with Crippen molar-refractivity contribution in [3.63, 3.8) is 0 Å². The Morgan fingerprint density at radius 2 is 1.90 bits per heavy atom. The molecule has 2 amide bonds. The number of carbonyl (C=O) groups is 2. The third kappa shape index (κ3) is 1.89. The maximum atomic E-state index is 11.9. The summed E-state index contributed by atoms with van der Waals surface area (Å²) < 4.78 is 0.317. The van der Waals surface area contributed by atoms with E-state index in [9.17, 15) is 14.9 Å². The number of hydrogen-bond acceptors (Lipinski definition) is 4. The molecule has 0 bridgehead atoms. The summed E-state index contributed by atoms with van der Waals surface area (Å²) >= 11 is 5.20. The Kier molecular flexibility index (Phi) is 3.03. The van der Waals surface area contributed by atoms with Crippen LogP contribution in [0.5, 0.6) is 0 Å². The Morgan fingerprint density at radius 1 is 1.20 bits per heavy atom. The van der Waals surface area contributed by atoms with Gasteiger partial charge in [-0.25, -0.2) is 5.01 Å². The molecular weight excluding hydrogens is 276 g/mol. The molecule has 1 fully saturated rings. The molecule has 1 aromatic rings. The summed E-state index contributed by atoms with van der Waals surface area (Å²) in [5, 5.41) is 10.5. The van der Waals surface area contributed by atoms with Crippen LogP contribution in [-0.4, -0.2) is 16.8 Å². The first-order valence-electron chi connectivity index (χ1n) is 6.42. The van der Waals surface area contributed by atoms with Gasteiger partial charge in [-0.2, -0.15) is 5.26 Å². The lowest BCUT2D eigenvalue weighted by atomic mass is 9.89. The molecule has 2 N–H and O–H groups in total. The van der Waals surface area contributed by atoms with Crippen molar-refractivity contribution in [1.82, 2.24) is 10.4 Å². The van der Waals surface area contributed by atoms with E-state index in [0.717, 1.165) is 36.8 Å². The molecule has 0 spiro atoms. The van der Waals surface area contributed by atoms with Gasteiger partial charge in [-0.3, -0.25) is 15.0 Å². The molecule has 6 nitrogen and oxygen atoms in total. The second-order valence-electron chi connectivity index (χ2n) is 4.89. The Labute approximate surface area is 120 Å². The van der Waals surface area contributed by atoms with Gasteiger partial charge in [0.05, 0.1) is 5.56 Å². The van der Waals surface area contributed by atoms with Gasteiger partial charge in [0.15, 0.2) is 0 Å². The molecule has 102 valence electrons. The smallest absolute Gasteiger partial charge is 0.256 e. The van der Waals surface area contributed by atoms with Gasteiger partial charge in [-0.15, -0.1) is 0 Å². The van der Waals surface area contributed by atoms with Crippen molar-refractivity contribution in [2.45, 2.75) is 32.1 Å². The summed E-state index contributed by atoms with van der Waals surface area (Å²) in [6, 6.07) is 2.13. The Hall–Kier alpha value is -2.20. The lowest BCUT2D eigenvalue weighted by Gasteiger charge is -2.24. The van der Waals surface area contributed by atoms with Crippen molar-refractivity contribution in [2.24, 2.45) is 0 Å². The first-order valence-corrected chi connectivity index (χ1v) is 6.83. The second-order valence-corrected chi connectivity index (χ2v) is 5.30. The lowest BCUT2D eigenvalue weighted by Crippen LogP contribution is -2.38. The average molecular weight is 288 g/mol. The Balaban J connectivity index is 2.20. The molecule has 2 aliphatic rings. The molecule has 7 heteroatoms. The standard InChI is InChI=1S/C13H12N4O2S/c14-6-9-7-3-1-2-4-8(7)12(15-13(9)20)17-11(19)5-10(18)16-17/h1-5H2,(H,15,20)(H,16,18). The minimum absolute atomic E-state index is 0.157. The summed E-state index contributed by atoms with van der Waals surface area (Å²) in [6.45, 7) is 0. The monoisotopic (exact) mass is 288 g/mol. The number of fused-ring (bicyclic) bond motifs is 1. The number of nitriles is 1. The van der Waals surface area contributed by atoms with Crippen LogP contribution >= 0.6 is 12.2 Å². The summed E-state index contributed by atoms with van der Waals surface area (Å²) in [5.41, 5.74) is 4.82. The number of aromatic nitrogens is 1. The normalized spacial score (nSPS) is 17.6. The fraction of sp³-hybridized carbons (Fsp3) is 0.385. The van der Waals surface area contributed by atoms with Crippen LogP contribution in [0.15, 0.2) is 0 Å². The van der Waals surface area contributed by atoms with E-state index in [1.165, 1.54) is 5.01 Å². The first-order chi connectivity index (χ1) is 9.61. The van der Waals surface area contributed by atoms with E-state index in [4.69, 9.17) is 12.2 Å². The van der Waals surface area contributed by atoms with Gasteiger partial charge in [-0.05, 0) is 36.8 Å². The number of carbonyl (C=O) groups excluding carboxylic acids is 2. The van der Waals surface area contributed by atoms with Crippen LogP contribution in [0.25, 0.3) is 0 Å². The van der Waals surface area contributed by atoms with Crippen molar-refractivity contribution >= 4 is 29.9 Å². The minimum Gasteiger partial charge on any atom is -0.330 e. The number of aromatic amines is 1. The highest BCUT2D eigenvalue weighted by molar-refractivity contribution is 7.71. The van der Waals surface area contributed by atoms with E-state index in [1.54, 1.807) is 0 Å². The predicted octanol–water partition coefficient (Wildman–Crippen LogP) is 1.26. The summed E-state index contributed by atoms with van der Waals surface area (Å²) in [6.07, 6.45) is 3.38. The fourth-order valence-electron chi connectivity index (χ4n) is 2.76. The van der Waals surface area contributed by atoms with Crippen molar-refractivity contribution in [2.75, 3.05) is 5.01 Å². The van der Waals surface area contributed by atoms with Crippen LogP contribution in [0.1, 0.15) is 36.0 Å². The zero-order valence-electron chi connectivity index (χ0n) is 10.7.